The zero-order valence-corrected chi connectivity index (χ0v) is 34.2. The van der Waals surface area contributed by atoms with E-state index in [2.05, 4.69) is 71.5 Å². The Morgan fingerprint density at radius 2 is 1.58 bits per heavy atom. The molecule has 2 aliphatic heterocycles. The van der Waals surface area contributed by atoms with E-state index in [4.69, 9.17) is 16.2 Å². The molecular weight excluding hydrogens is 649 g/mol. The lowest BCUT2D eigenvalue weighted by Crippen LogP contribution is -2.80. The van der Waals surface area contributed by atoms with Crippen LogP contribution in [0.25, 0.3) is 0 Å². The fourth-order valence-corrected chi connectivity index (χ4v) is 15.3. The maximum atomic E-state index is 14.3. The summed E-state index contributed by atoms with van der Waals surface area (Å²) in [5.41, 5.74) is 14.8. The van der Waals surface area contributed by atoms with Crippen molar-refractivity contribution >= 4 is 11.9 Å². The summed E-state index contributed by atoms with van der Waals surface area (Å²) in [5.74, 6) is 1.06. The third kappa shape index (κ3) is 4.86. The van der Waals surface area contributed by atoms with Crippen LogP contribution >= 0.6 is 0 Å². The third-order valence-electron chi connectivity index (χ3n) is 18.8. The van der Waals surface area contributed by atoms with Gasteiger partial charge in [0, 0.05) is 54.5 Å². The molecule has 8 heteroatoms. The van der Waals surface area contributed by atoms with Gasteiger partial charge in [-0.05, 0) is 138 Å². The second kappa shape index (κ2) is 11.8. The highest BCUT2D eigenvalue weighted by Gasteiger charge is 2.77. The van der Waals surface area contributed by atoms with Crippen LogP contribution in [0.15, 0.2) is 24.5 Å². The number of allylic oxidation sites excluding steroid dienone is 2. The van der Waals surface area contributed by atoms with E-state index in [0.29, 0.717) is 42.0 Å². The number of carboxylic acid groups (broad SMARTS) is 1. The van der Waals surface area contributed by atoms with Gasteiger partial charge in [0.05, 0.1) is 11.2 Å². The number of likely N-dealkylation sites (N-methyl/N-ethyl adjacent to an activating group) is 1. The van der Waals surface area contributed by atoms with Gasteiger partial charge in [0.15, 0.2) is 0 Å². The zero-order valence-electron chi connectivity index (χ0n) is 34.2. The van der Waals surface area contributed by atoms with Gasteiger partial charge >= 0.3 is 5.97 Å². The third-order valence-corrected chi connectivity index (χ3v) is 18.8. The van der Waals surface area contributed by atoms with Gasteiger partial charge in [-0.2, -0.15) is 0 Å². The minimum atomic E-state index is -0.943. The van der Waals surface area contributed by atoms with Crippen LogP contribution in [0.2, 0.25) is 0 Å². The normalized spacial score (nSPS) is 47.9. The Kier molecular flexibility index (Phi) is 8.71. The van der Waals surface area contributed by atoms with Gasteiger partial charge in [-0.1, -0.05) is 53.3 Å². The molecule has 5 aliphatic carbocycles. The zero-order chi connectivity index (χ0) is 38.2. The van der Waals surface area contributed by atoms with E-state index in [1.54, 1.807) is 13.8 Å². The highest BCUT2D eigenvalue weighted by molar-refractivity contribution is 5.78. The minimum Gasteiger partial charge on any atom is -0.495 e. The largest absolute Gasteiger partial charge is 0.495 e. The maximum Gasteiger partial charge on any atom is 0.309 e. The van der Waals surface area contributed by atoms with E-state index in [-0.39, 0.29) is 45.5 Å². The number of nitrogens with zero attached hydrogens (tertiary/aromatic N) is 2. The lowest BCUT2D eigenvalue weighted by atomic mass is 9.29. The molecule has 52 heavy (non-hydrogen) atoms. The van der Waals surface area contributed by atoms with Crippen molar-refractivity contribution in [3.8, 4) is 0 Å². The Morgan fingerprint density at radius 1 is 0.885 bits per heavy atom. The fourth-order valence-electron chi connectivity index (χ4n) is 15.3. The van der Waals surface area contributed by atoms with Crippen LogP contribution in [0.3, 0.4) is 0 Å². The van der Waals surface area contributed by atoms with Crippen LogP contribution in [0.4, 0.5) is 0 Å². The fraction of sp³-hybridized carbons (Fsp3) is 0.864. The van der Waals surface area contributed by atoms with Crippen molar-refractivity contribution in [2.24, 2.45) is 61.7 Å². The number of piperazine rings is 1. The van der Waals surface area contributed by atoms with E-state index >= 15 is 0 Å². The molecule has 0 aromatic rings. The molecule has 0 spiro atoms. The first-order chi connectivity index (χ1) is 23.9. The van der Waals surface area contributed by atoms with E-state index in [1.165, 1.54) is 5.57 Å². The lowest BCUT2D eigenvalue weighted by molar-refractivity contribution is -0.262. The van der Waals surface area contributed by atoms with Crippen LogP contribution in [-0.4, -0.2) is 76.2 Å². The molecule has 5 N–H and O–H groups in total. The SMILES string of the molecule is C=C(CC(C)(C)C(=O)O)O[C@H]1CC[C@]2(C)[C@H]3CC[C@]4(N)[C@H]5[C@H](C(=C)C)CC[C@]5(CC(=O)N5CC6CC5CN6C)CC[C@@]4(C)[C@]3(C)CC[C@@]2(N)C1(C)C. The summed E-state index contributed by atoms with van der Waals surface area (Å²) in [7, 11) is 2.20. The summed E-state index contributed by atoms with van der Waals surface area (Å²) >= 11 is 0. The van der Waals surface area contributed by atoms with E-state index < -0.39 is 22.5 Å². The molecule has 12 atom stereocenters. The van der Waals surface area contributed by atoms with Gasteiger partial charge in [-0.3, -0.25) is 14.5 Å². The molecule has 0 aromatic heterocycles. The summed E-state index contributed by atoms with van der Waals surface area (Å²) in [6.07, 6.45) is 11.9. The van der Waals surface area contributed by atoms with Gasteiger partial charge in [0.1, 0.15) is 6.10 Å². The van der Waals surface area contributed by atoms with Crippen LogP contribution in [0.1, 0.15) is 139 Å². The number of likely N-dealkylation sites (tertiary alicyclic amines) is 2. The minimum absolute atomic E-state index is 0.00637. The Balaban J connectivity index is 1.18. The Morgan fingerprint density at radius 3 is 2.17 bits per heavy atom. The van der Waals surface area contributed by atoms with Gasteiger partial charge < -0.3 is 26.2 Å². The number of nitrogens with two attached hydrogens (primary N) is 2. The van der Waals surface area contributed by atoms with Crippen LogP contribution in [0, 0.1) is 50.2 Å². The number of amides is 1. The second-order valence-electron chi connectivity index (χ2n) is 21.6. The quantitative estimate of drug-likeness (QED) is 0.175. The van der Waals surface area contributed by atoms with Crippen molar-refractivity contribution < 1.29 is 19.4 Å². The van der Waals surface area contributed by atoms with Crippen molar-refractivity contribution in [3.63, 3.8) is 0 Å². The van der Waals surface area contributed by atoms with E-state index in [9.17, 15) is 14.7 Å². The smallest absolute Gasteiger partial charge is 0.309 e. The van der Waals surface area contributed by atoms with Crippen molar-refractivity contribution in [2.45, 2.75) is 168 Å². The summed E-state index contributed by atoms with van der Waals surface area (Å²) < 4.78 is 6.62. The van der Waals surface area contributed by atoms with Gasteiger partial charge in [0.25, 0.3) is 0 Å². The summed E-state index contributed by atoms with van der Waals surface area (Å²) in [6.45, 7) is 28.5. The summed E-state index contributed by atoms with van der Waals surface area (Å²) in [5, 5.41) is 9.75. The Hall–Kier alpha value is -1.90. The molecule has 2 bridgehead atoms. The van der Waals surface area contributed by atoms with Gasteiger partial charge in [-0.15, -0.1) is 0 Å². The molecule has 7 aliphatic rings. The average molecular weight is 721 g/mol. The standard InChI is InChI=1S/C44H72N4O4/c1-27(2)31-12-16-42(24-34(49)48-26-29-22-30(48)25-47(29)11)20-19-41(10)39(8)18-21-44(46)38(6,7)33(52-28(3)23-37(4,5)36(50)51)14-15-40(44,9)32(39)13-17-43(41,45)35(31)42/h29-33,35H,1,3,12-26,45-46H2,2,4-11H3,(H,50,51)/t29?,30?,31-,32-,33-,35-,39+,40+,41-,42+,43-,44+/m0/s1. The van der Waals surface area contributed by atoms with E-state index in [1.807, 2.05) is 0 Å². The molecule has 2 saturated heterocycles. The topological polar surface area (TPSA) is 122 Å². The molecule has 0 radical (unpaired) electrons. The molecule has 2 unspecified atom stereocenters. The van der Waals surface area contributed by atoms with Crippen LogP contribution in [0.5, 0.6) is 0 Å². The number of carboxylic acids is 1. The number of ether oxygens (including phenoxy) is 1. The number of carbonyl (C=O) groups is 2. The highest BCUT2D eigenvalue weighted by Crippen LogP contribution is 2.79. The summed E-state index contributed by atoms with van der Waals surface area (Å²) in [4.78, 5) is 30.9. The highest BCUT2D eigenvalue weighted by atomic mass is 16.5. The number of fused-ring (bicyclic) bond motifs is 9. The van der Waals surface area contributed by atoms with Crippen LogP contribution < -0.4 is 11.5 Å². The molecule has 7 rings (SSSR count). The molecule has 2 heterocycles. The monoisotopic (exact) mass is 721 g/mol. The van der Waals surface area contributed by atoms with Gasteiger partial charge in [0.2, 0.25) is 5.91 Å². The van der Waals surface area contributed by atoms with E-state index in [0.717, 1.165) is 83.7 Å². The van der Waals surface area contributed by atoms with Gasteiger partial charge in [-0.25, -0.2) is 0 Å². The molecule has 8 nitrogen and oxygen atoms in total. The average Bonchev–Trinajstić information content (AvgIpc) is 3.75. The van der Waals surface area contributed by atoms with Crippen molar-refractivity contribution in [3.05, 3.63) is 24.5 Å². The molecule has 292 valence electrons. The Labute approximate surface area is 314 Å². The number of hydrogen-bond acceptors (Lipinski definition) is 6. The first-order valence-electron chi connectivity index (χ1n) is 20.7. The molecule has 1 amide bonds. The van der Waals surface area contributed by atoms with Crippen molar-refractivity contribution in [2.75, 3.05) is 20.1 Å². The number of rotatable bonds is 8. The van der Waals surface area contributed by atoms with Crippen molar-refractivity contribution in [1.29, 1.82) is 0 Å². The predicted octanol–water partition coefficient (Wildman–Crippen LogP) is 7.51. The lowest BCUT2D eigenvalue weighted by Gasteiger charge is -2.77. The maximum absolute atomic E-state index is 14.3. The summed E-state index contributed by atoms with van der Waals surface area (Å²) in [6, 6.07) is 0.876. The Bertz CT molecular complexity index is 1540. The van der Waals surface area contributed by atoms with Crippen molar-refractivity contribution in [1.82, 2.24) is 9.80 Å². The first kappa shape index (κ1) is 38.4. The van der Waals surface area contributed by atoms with Crippen LogP contribution in [-0.2, 0) is 14.3 Å². The predicted molar refractivity (Wildman–Crippen MR) is 207 cm³/mol. The number of aliphatic carboxylic acids is 1. The molecule has 5 saturated carbocycles. The first-order valence-corrected chi connectivity index (χ1v) is 20.7. The number of carbonyl (C=O) groups excluding carboxylic acids is 1. The second-order valence-corrected chi connectivity index (χ2v) is 21.6. The number of hydrogen-bond donors (Lipinski definition) is 3. The molecular formula is C44H72N4O4. The molecule has 0 aromatic carbocycles. The molecule has 7 fully saturated rings.